The van der Waals surface area contributed by atoms with Crippen molar-refractivity contribution in [1.29, 1.82) is 0 Å². The summed E-state index contributed by atoms with van der Waals surface area (Å²) in [6.45, 7) is 0.581. The van der Waals surface area contributed by atoms with Crippen LogP contribution < -0.4 is 4.72 Å². The van der Waals surface area contributed by atoms with Gasteiger partial charge in [-0.15, -0.1) is 0 Å². The van der Waals surface area contributed by atoms with E-state index < -0.39 is 10.2 Å². The SMILES string of the molecule is O=S(=O)(NCCc1ncn[nH]1)N1CCCCC1CO. The van der Waals surface area contributed by atoms with Crippen molar-refractivity contribution in [2.45, 2.75) is 31.7 Å². The van der Waals surface area contributed by atoms with Crippen molar-refractivity contribution in [3.8, 4) is 0 Å². The van der Waals surface area contributed by atoms with Crippen molar-refractivity contribution >= 4 is 10.2 Å². The maximum atomic E-state index is 12.1. The molecule has 0 saturated carbocycles. The Labute approximate surface area is 112 Å². The van der Waals surface area contributed by atoms with Gasteiger partial charge in [-0.25, -0.2) is 9.71 Å². The summed E-state index contributed by atoms with van der Waals surface area (Å²) in [5.74, 6) is 0.639. The molecule has 1 atom stereocenters. The molecule has 0 aliphatic carbocycles. The number of H-pyrrole nitrogens is 1. The molecule has 1 aromatic rings. The fraction of sp³-hybridized carbons (Fsp3) is 0.800. The summed E-state index contributed by atoms with van der Waals surface area (Å²) in [5.41, 5.74) is 0. The van der Waals surface area contributed by atoms with Crippen molar-refractivity contribution in [1.82, 2.24) is 24.2 Å². The topological polar surface area (TPSA) is 111 Å². The fourth-order valence-corrected chi connectivity index (χ4v) is 3.67. The molecule has 19 heavy (non-hydrogen) atoms. The van der Waals surface area contributed by atoms with Gasteiger partial charge in [-0.05, 0) is 12.8 Å². The molecule has 1 aliphatic rings. The van der Waals surface area contributed by atoms with Gasteiger partial charge in [0.15, 0.2) is 0 Å². The highest BCUT2D eigenvalue weighted by Crippen LogP contribution is 2.19. The largest absolute Gasteiger partial charge is 0.395 e. The molecule has 2 rings (SSSR count). The molecule has 1 saturated heterocycles. The van der Waals surface area contributed by atoms with Gasteiger partial charge < -0.3 is 5.11 Å². The van der Waals surface area contributed by atoms with Crippen LogP contribution in [0.25, 0.3) is 0 Å². The van der Waals surface area contributed by atoms with E-state index in [0.717, 1.165) is 12.8 Å². The number of aliphatic hydroxyl groups excluding tert-OH is 1. The number of nitrogens with one attached hydrogen (secondary N) is 2. The first kappa shape index (κ1) is 14.4. The standard InChI is InChI=1S/C10H19N5O3S/c16-7-9-3-1-2-6-15(9)19(17,18)13-5-4-10-11-8-12-14-10/h8-9,13,16H,1-7H2,(H,11,12,14). The number of aromatic amines is 1. The van der Waals surface area contributed by atoms with Gasteiger partial charge in [0.1, 0.15) is 12.2 Å². The van der Waals surface area contributed by atoms with Gasteiger partial charge in [0.05, 0.1) is 6.61 Å². The normalized spacial score (nSPS) is 21.6. The Morgan fingerprint density at radius 2 is 2.37 bits per heavy atom. The van der Waals surface area contributed by atoms with Crippen molar-refractivity contribution in [2.24, 2.45) is 0 Å². The predicted octanol–water partition coefficient (Wildman–Crippen LogP) is -0.972. The Morgan fingerprint density at radius 1 is 1.53 bits per heavy atom. The number of hydrogen-bond acceptors (Lipinski definition) is 5. The van der Waals surface area contributed by atoms with E-state index in [-0.39, 0.29) is 19.2 Å². The van der Waals surface area contributed by atoms with E-state index in [0.29, 0.717) is 25.2 Å². The van der Waals surface area contributed by atoms with Crippen LogP contribution in [0.1, 0.15) is 25.1 Å². The number of nitrogens with zero attached hydrogens (tertiary/aromatic N) is 3. The van der Waals surface area contributed by atoms with Gasteiger partial charge in [-0.1, -0.05) is 6.42 Å². The Morgan fingerprint density at radius 3 is 3.05 bits per heavy atom. The molecular weight excluding hydrogens is 270 g/mol. The molecule has 0 aromatic carbocycles. The lowest BCUT2D eigenvalue weighted by Gasteiger charge is -2.33. The minimum absolute atomic E-state index is 0.136. The van der Waals surface area contributed by atoms with Crippen LogP contribution in [0.15, 0.2) is 6.33 Å². The van der Waals surface area contributed by atoms with E-state index in [1.54, 1.807) is 0 Å². The van der Waals surface area contributed by atoms with E-state index in [1.807, 2.05) is 0 Å². The molecule has 9 heteroatoms. The van der Waals surface area contributed by atoms with Crippen LogP contribution in [-0.2, 0) is 16.6 Å². The van der Waals surface area contributed by atoms with E-state index in [9.17, 15) is 13.5 Å². The van der Waals surface area contributed by atoms with Crippen LogP contribution in [0.5, 0.6) is 0 Å². The Kier molecular flexibility index (Phi) is 4.86. The average Bonchev–Trinajstić information content (AvgIpc) is 2.91. The highest BCUT2D eigenvalue weighted by molar-refractivity contribution is 7.87. The van der Waals surface area contributed by atoms with Crippen molar-refractivity contribution in [2.75, 3.05) is 19.7 Å². The monoisotopic (exact) mass is 289 g/mol. The first-order chi connectivity index (χ1) is 9.13. The van der Waals surface area contributed by atoms with Gasteiger partial charge in [-0.3, -0.25) is 5.10 Å². The van der Waals surface area contributed by atoms with E-state index in [4.69, 9.17) is 0 Å². The molecule has 1 unspecified atom stereocenters. The van der Waals surface area contributed by atoms with Crippen LogP contribution in [-0.4, -0.2) is 58.7 Å². The van der Waals surface area contributed by atoms with Crippen LogP contribution in [0.2, 0.25) is 0 Å². The lowest BCUT2D eigenvalue weighted by molar-refractivity contribution is 0.154. The second-order valence-electron chi connectivity index (χ2n) is 4.52. The summed E-state index contributed by atoms with van der Waals surface area (Å²) in [5, 5.41) is 15.6. The number of hydrogen-bond donors (Lipinski definition) is 3. The lowest BCUT2D eigenvalue weighted by Crippen LogP contribution is -2.50. The predicted molar refractivity (Wildman–Crippen MR) is 68.4 cm³/mol. The number of piperidine rings is 1. The highest BCUT2D eigenvalue weighted by Gasteiger charge is 2.31. The van der Waals surface area contributed by atoms with Crippen LogP contribution >= 0.6 is 0 Å². The summed E-state index contributed by atoms with van der Waals surface area (Å²) in [7, 11) is -3.54. The average molecular weight is 289 g/mol. The molecule has 1 aromatic heterocycles. The Balaban J connectivity index is 1.89. The Hall–Kier alpha value is -1.03. The molecule has 0 bridgehead atoms. The molecule has 2 heterocycles. The zero-order valence-corrected chi connectivity index (χ0v) is 11.4. The summed E-state index contributed by atoms with van der Waals surface area (Å²) >= 11 is 0. The number of rotatable bonds is 6. The second-order valence-corrected chi connectivity index (χ2v) is 6.23. The van der Waals surface area contributed by atoms with Crippen LogP contribution in [0, 0.1) is 0 Å². The van der Waals surface area contributed by atoms with Crippen molar-refractivity contribution in [3.63, 3.8) is 0 Å². The molecule has 108 valence electrons. The van der Waals surface area contributed by atoms with E-state index >= 15 is 0 Å². The summed E-state index contributed by atoms with van der Waals surface area (Å²) in [6, 6.07) is -0.309. The molecule has 0 radical (unpaired) electrons. The van der Waals surface area contributed by atoms with Gasteiger partial charge >= 0.3 is 0 Å². The lowest BCUT2D eigenvalue weighted by atomic mass is 10.1. The summed E-state index contributed by atoms with van der Waals surface area (Å²) in [6.07, 6.45) is 4.33. The minimum Gasteiger partial charge on any atom is -0.395 e. The van der Waals surface area contributed by atoms with Gasteiger partial charge in [0.25, 0.3) is 10.2 Å². The van der Waals surface area contributed by atoms with E-state index in [2.05, 4.69) is 19.9 Å². The smallest absolute Gasteiger partial charge is 0.279 e. The third-order valence-electron chi connectivity index (χ3n) is 3.20. The zero-order valence-electron chi connectivity index (χ0n) is 10.6. The molecule has 0 spiro atoms. The molecule has 1 aliphatic heterocycles. The summed E-state index contributed by atoms with van der Waals surface area (Å²) in [4.78, 5) is 3.92. The minimum atomic E-state index is -3.54. The molecule has 3 N–H and O–H groups in total. The number of aromatic nitrogens is 3. The first-order valence-electron chi connectivity index (χ1n) is 6.35. The van der Waals surface area contributed by atoms with E-state index in [1.165, 1.54) is 10.6 Å². The maximum absolute atomic E-state index is 12.1. The first-order valence-corrected chi connectivity index (χ1v) is 7.79. The zero-order chi connectivity index (χ0) is 13.7. The molecular formula is C10H19N5O3S. The Bertz CT molecular complexity index is 475. The van der Waals surface area contributed by atoms with Crippen LogP contribution in [0.4, 0.5) is 0 Å². The molecule has 8 nitrogen and oxygen atoms in total. The maximum Gasteiger partial charge on any atom is 0.279 e. The number of aliphatic hydroxyl groups is 1. The van der Waals surface area contributed by atoms with Gasteiger partial charge in [-0.2, -0.15) is 17.8 Å². The fourth-order valence-electron chi connectivity index (χ4n) is 2.21. The molecule has 0 amide bonds. The quantitative estimate of drug-likeness (QED) is 0.624. The van der Waals surface area contributed by atoms with Crippen molar-refractivity contribution < 1.29 is 13.5 Å². The van der Waals surface area contributed by atoms with Crippen molar-refractivity contribution in [3.05, 3.63) is 12.2 Å². The third-order valence-corrected chi connectivity index (χ3v) is 4.87. The molecule has 1 fully saturated rings. The summed E-state index contributed by atoms with van der Waals surface area (Å²) < 4.78 is 28.2. The van der Waals surface area contributed by atoms with Gasteiger partial charge in [0, 0.05) is 25.6 Å². The highest BCUT2D eigenvalue weighted by atomic mass is 32.2. The van der Waals surface area contributed by atoms with Gasteiger partial charge in [0.2, 0.25) is 0 Å². The van der Waals surface area contributed by atoms with Crippen LogP contribution in [0.3, 0.4) is 0 Å². The second kappa shape index (κ2) is 6.42. The third kappa shape index (κ3) is 3.72.